The highest BCUT2D eigenvalue weighted by atomic mass is 31.2. The van der Waals surface area contributed by atoms with Gasteiger partial charge in [0.05, 0.1) is 39.9 Å². The molecule has 0 aromatic carbocycles. The number of quaternary nitrogens is 1. The third kappa shape index (κ3) is 46.8. The van der Waals surface area contributed by atoms with Gasteiger partial charge in [0.2, 0.25) is 5.91 Å². The topological polar surface area (TPSA) is 105 Å². The van der Waals surface area contributed by atoms with Crippen molar-refractivity contribution in [3.8, 4) is 0 Å². The maximum atomic E-state index is 12.8. The Bertz CT molecular complexity index is 1050. The van der Waals surface area contributed by atoms with Crippen molar-refractivity contribution in [2.45, 2.75) is 264 Å². The standard InChI is InChI=1S/C52H103N2O6P/c1-6-8-10-12-14-16-17-18-19-20-21-22-23-24-25-26-27-28-29-30-31-32-33-34-35-36-37-38-39-41-43-45-51(55)50(49-60-61(57,58)59-48-47-54(3,4)5)53-52(56)46-44-42-40-15-13-11-9-7-2/h37-38,43,45,50-51,55H,6-36,39-42,44,46-49H2,1-5H3,(H-,53,56,57,58)/p+1/b38-37+,45-43+. The predicted octanol–water partition coefficient (Wildman–Crippen LogP) is 15.3. The highest BCUT2D eigenvalue weighted by Gasteiger charge is 2.27. The molecule has 0 fully saturated rings. The van der Waals surface area contributed by atoms with E-state index >= 15 is 0 Å². The fourth-order valence-corrected chi connectivity index (χ4v) is 8.50. The normalized spacial score (nSPS) is 14.3. The van der Waals surface area contributed by atoms with Crippen molar-refractivity contribution in [3.63, 3.8) is 0 Å². The summed E-state index contributed by atoms with van der Waals surface area (Å²) in [7, 11) is 1.56. The van der Waals surface area contributed by atoms with Gasteiger partial charge in [0.15, 0.2) is 0 Å². The number of phosphoric acid groups is 1. The predicted molar refractivity (Wildman–Crippen MR) is 263 cm³/mol. The molecule has 0 aliphatic heterocycles. The molecule has 0 aliphatic rings. The second kappa shape index (κ2) is 44.2. The first-order valence-corrected chi connectivity index (χ1v) is 27.7. The fourth-order valence-electron chi connectivity index (χ4n) is 7.77. The first-order valence-electron chi connectivity index (χ1n) is 26.2. The number of aliphatic hydroxyl groups excluding tert-OH is 1. The van der Waals surface area contributed by atoms with Crippen molar-refractivity contribution < 1.29 is 32.9 Å². The van der Waals surface area contributed by atoms with Crippen LogP contribution < -0.4 is 5.32 Å². The number of nitrogens with zero attached hydrogens (tertiary/aromatic N) is 1. The Morgan fingerprint density at radius 1 is 0.541 bits per heavy atom. The van der Waals surface area contributed by atoms with Crippen LogP contribution in [0.4, 0.5) is 0 Å². The minimum Gasteiger partial charge on any atom is -0.387 e. The summed E-state index contributed by atoms with van der Waals surface area (Å²) in [6.45, 7) is 4.78. The summed E-state index contributed by atoms with van der Waals surface area (Å²) < 4.78 is 23.5. The monoisotopic (exact) mass is 884 g/mol. The van der Waals surface area contributed by atoms with Crippen LogP contribution >= 0.6 is 7.82 Å². The Labute approximate surface area is 379 Å². The Morgan fingerprint density at radius 2 is 0.902 bits per heavy atom. The van der Waals surface area contributed by atoms with Gasteiger partial charge in [-0.15, -0.1) is 0 Å². The first kappa shape index (κ1) is 60.0. The lowest BCUT2D eigenvalue weighted by Crippen LogP contribution is -2.45. The molecule has 1 amide bonds. The van der Waals surface area contributed by atoms with E-state index in [1.807, 2.05) is 27.2 Å². The van der Waals surface area contributed by atoms with E-state index in [0.717, 1.165) is 38.5 Å². The van der Waals surface area contributed by atoms with E-state index in [2.05, 4.69) is 31.3 Å². The second-order valence-electron chi connectivity index (χ2n) is 19.3. The molecule has 3 atom stereocenters. The van der Waals surface area contributed by atoms with Crippen LogP contribution in [-0.2, 0) is 18.4 Å². The molecule has 8 nitrogen and oxygen atoms in total. The lowest BCUT2D eigenvalue weighted by molar-refractivity contribution is -0.870. The molecule has 0 aromatic rings. The highest BCUT2D eigenvalue weighted by molar-refractivity contribution is 7.47. The Hall–Kier alpha value is -1.02. The number of allylic oxidation sites excluding steroid dienone is 3. The summed E-state index contributed by atoms with van der Waals surface area (Å²) in [5, 5.41) is 13.8. The number of hydrogen-bond donors (Lipinski definition) is 3. The molecule has 0 rings (SSSR count). The van der Waals surface area contributed by atoms with Crippen LogP contribution in [0.5, 0.6) is 0 Å². The van der Waals surface area contributed by atoms with Gasteiger partial charge in [-0.2, -0.15) is 0 Å². The molecule has 0 heterocycles. The molecule has 0 aromatic heterocycles. The van der Waals surface area contributed by atoms with E-state index in [4.69, 9.17) is 9.05 Å². The molecule has 0 saturated carbocycles. The van der Waals surface area contributed by atoms with E-state index in [9.17, 15) is 19.4 Å². The van der Waals surface area contributed by atoms with Crippen LogP contribution in [-0.4, -0.2) is 73.4 Å². The SMILES string of the molecule is CCCCCCCCCCCCCCCCCCCCCCCCCCC/C=C/CC/C=C/C(O)C(COP(=O)(O)OCC[N+](C)(C)C)NC(=O)CCCCCCCCCC. The molecule has 3 N–H and O–H groups in total. The summed E-state index contributed by atoms with van der Waals surface area (Å²) in [6.07, 6.45) is 54.5. The molecule has 0 aliphatic carbocycles. The molecule has 0 bridgehead atoms. The van der Waals surface area contributed by atoms with Crippen LogP contribution in [0.15, 0.2) is 24.3 Å². The van der Waals surface area contributed by atoms with Crippen molar-refractivity contribution in [2.75, 3.05) is 40.9 Å². The van der Waals surface area contributed by atoms with Crippen LogP contribution in [0.3, 0.4) is 0 Å². The summed E-state index contributed by atoms with van der Waals surface area (Å²) >= 11 is 0. The van der Waals surface area contributed by atoms with Crippen LogP contribution in [0.1, 0.15) is 251 Å². The van der Waals surface area contributed by atoms with Crippen LogP contribution in [0.2, 0.25) is 0 Å². The van der Waals surface area contributed by atoms with E-state index < -0.39 is 20.0 Å². The maximum Gasteiger partial charge on any atom is 0.472 e. The average Bonchev–Trinajstić information content (AvgIpc) is 3.21. The molecule has 0 spiro atoms. The molecule has 0 radical (unpaired) electrons. The van der Waals surface area contributed by atoms with Gasteiger partial charge in [0, 0.05) is 6.42 Å². The maximum absolute atomic E-state index is 12.8. The molecular weight excluding hydrogens is 780 g/mol. The number of amides is 1. The van der Waals surface area contributed by atoms with Gasteiger partial charge in [-0.1, -0.05) is 237 Å². The minimum absolute atomic E-state index is 0.0579. The van der Waals surface area contributed by atoms with Crippen molar-refractivity contribution >= 4 is 13.7 Å². The number of hydrogen-bond acceptors (Lipinski definition) is 5. The van der Waals surface area contributed by atoms with Gasteiger partial charge >= 0.3 is 7.82 Å². The fraction of sp³-hybridized carbons (Fsp3) is 0.904. The Balaban J connectivity index is 4.03. The van der Waals surface area contributed by atoms with Crippen molar-refractivity contribution in [2.24, 2.45) is 0 Å². The second-order valence-corrected chi connectivity index (χ2v) is 20.7. The van der Waals surface area contributed by atoms with Gasteiger partial charge in [0.25, 0.3) is 0 Å². The number of phosphoric ester groups is 1. The quantitative estimate of drug-likeness (QED) is 0.0243. The van der Waals surface area contributed by atoms with Crippen LogP contribution in [0, 0.1) is 0 Å². The molecule has 0 saturated heterocycles. The summed E-state index contributed by atoms with van der Waals surface area (Å²) in [6, 6.07) is -0.857. The molecule has 61 heavy (non-hydrogen) atoms. The van der Waals surface area contributed by atoms with E-state index in [-0.39, 0.29) is 19.1 Å². The van der Waals surface area contributed by atoms with Gasteiger partial charge in [-0.05, 0) is 32.1 Å². The number of unbranched alkanes of at least 4 members (excludes halogenated alkanes) is 33. The van der Waals surface area contributed by atoms with Crippen LogP contribution in [0.25, 0.3) is 0 Å². The largest absolute Gasteiger partial charge is 0.472 e. The number of rotatable bonds is 48. The Morgan fingerprint density at radius 3 is 1.31 bits per heavy atom. The van der Waals surface area contributed by atoms with E-state index in [1.165, 1.54) is 193 Å². The lowest BCUT2D eigenvalue weighted by atomic mass is 10.0. The zero-order valence-electron chi connectivity index (χ0n) is 41.2. The number of aliphatic hydroxyl groups is 1. The number of likely N-dealkylation sites (N-methyl/N-ethyl adjacent to an activating group) is 1. The van der Waals surface area contributed by atoms with Crippen molar-refractivity contribution in [1.82, 2.24) is 5.32 Å². The van der Waals surface area contributed by atoms with Crippen molar-refractivity contribution in [3.05, 3.63) is 24.3 Å². The zero-order valence-corrected chi connectivity index (χ0v) is 42.1. The zero-order chi connectivity index (χ0) is 45.0. The van der Waals surface area contributed by atoms with E-state index in [1.54, 1.807) is 6.08 Å². The van der Waals surface area contributed by atoms with Crippen molar-refractivity contribution in [1.29, 1.82) is 0 Å². The van der Waals surface area contributed by atoms with E-state index in [0.29, 0.717) is 17.4 Å². The summed E-state index contributed by atoms with van der Waals surface area (Å²) in [5.74, 6) is -0.190. The van der Waals surface area contributed by atoms with Gasteiger partial charge in [-0.25, -0.2) is 4.57 Å². The minimum atomic E-state index is -4.34. The third-order valence-electron chi connectivity index (χ3n) is 11.9. The molecule has 362 valence electrons. The van der Waals surface area contributed by atoms with Gasteiger partial charge in [-0.3, -0.25) is 13.8 Å². The van der Waals surface area contributed by atoms with Gasteiger partial charge in [0.1, 0.15) is 13.2 Å². The smallest absolute Gasteiger partial charge is 0.387 e. The molecule has 9 heteroatoms. The molecular formula is C52H104N2O6P+. The number of carbonyl (C=O) groups excluding carboxylic acids is 1. The lowest BCUT2D eigenvalue weighted by Gasteiger charge is -2.25. The van der Waals surface area contributed by atoms with Gasteiger partial charge < -0.3 is 19.8 Å². The first-order chi connectivity index (χ1) is 29.5. The summed E-state index contributed by atoms with van der Waals surface area (Å²) in [5.41, 5.74) is 0. The average molecular weight is 884 g/mol. The number of carbonyl (C=O) groups is 1. The summed E-state index contributed by atoms with van der Waals surface area (Å²) in [4.78, 5) is 23.0. The number of nitrogens with one attached hydrogen (secondary N) is 1. The Kier molecular flexibility index (Phi) is 43.5. The highest BCUT2D eigenvalue weighted by Crippen LogP contribution is 2.43. The molecule has 3 unspecified atom stereocenters. The third-order valence-corrected chi connectivity index (χ3v) is 12.9.